The first-order chi connectivity index (χ1) is 9.33. The summed E-state index contributed by atoms with van der Waals surface area (Å²) in [4.78, 5) is 23.3. The van der Waals surface area contributed by atoms with Gasteiger partial charge in [0.2, 0.25) is 0 Å². The van der Waals surface area contributed by atoms with Gasteiger partial charge < -0.3 is 15.7 Å². The van der Waals surface area contributed by atoms with Gasteiger partial charge in [-0.1, -0.05) is 6.42 Å². The van der Waals surface area contributed by atoms with Crippen LogP contribution in [0.5, 0.6) is 0 Å². The number of carboxylic acid groups (broad SMARTS) is 1. The molecule has 0 aliphatic heterocycles. The topological polar surface area (TPSA) is 96.3 Å². The highest BCUT2D eigenvalue weighted by Gasteiger charge is 2.45. The molecule has 0 aromatic carbocycles. The Hall–Kier alpha value is -2.05. The van der Waals surface area contributed by atoms with Crippen LogP contribution in [-0.4, -0.2) is 32.9 Å². The molecule has 3 N–H and O–H groups in total. The predicted molar refractivity (Wildman–Crippen MR) is 73.5 cm³/mol. The Morgan fingerprint density at radius 3 is 2.80 bits per heavy atom. The highest BCUT2D eigenvalue weighted by Crippen LogP contribution is 2.38. The molecule has 7 heteroatoms. The second-order valence-electron chi connectivity index (χ2n) is 5.57. The van der Waals surface area contributed by atoms with E-state index in [-0.39, 0.29) is 12.1 Å². The third-order valence-electron chi connectivity index (χ3n) is 4.01. The Kier molecular flexibility index (Phi) is 3.69. The standard InChI is InChI=1S/C13H20N4O3/c1-8-9(7-17(3)16-8)14-12(20)15-10-5-4-6-13(10,2)11(18)19/h7,10H,4-6H2,1-3H3,(H,18,19)(H2,14,15,20). The van der Waals surface area contributed by atoms with E-state index in [1.165, 1.54) is 0 Å². The molecule has 0 saturated heterocycles. The summed E-state index contributed by atoms with van der Waals surface area (Å²) >= 11 is 0. The van der Waals surface area contributed by atoms with Crippen molar-refractivity contribution < 1.29 is 14.7 Å². The summed E-state index contributed by atoms with van der Waals surface area (Å²) in [7, 11) is 1.77. The van der Waals surface area contributed by atoms with E-state index < -0.39 is 11.4 Å². The molecule has 1 saturated carbocycles. The molecule has 1 aromatic heterocycles. The summed E-state index contributed by atoms with van der Waals surface area (Å²) in [5.41, 5.74) is 0.455. The average molecular weight is 280 g/mol. The van der Waals surface area contributed by atoms with E-state index in [9.17, 15) is 14.7 Å². The predicted octanol–water partition coefficient (Wildman–Crippen LogP) is 1.49. The lowest BCUT2D eigenvalue weighted by Gasteiger charge is -2.27. The number of hydrogen-bond acceptors (Lipinski definition) is 3. The van der Waals surface area contributed by atoms with Crippen molar-refractivity contribution in [1.29, 1.82) is 0 Å². The molecular formula is C13H20N4O3. The molecule has 0 bridgehead atoms. The Bertz CT molecular complexity index is 540. The third kappa shape index (κ3) is 2.61. The minimum Gasteiger partial charge on any atom is -0.481 e. The first-order valence-corrected chi connectivity index (χ1v) is 6.64. The van der Waals surface area contributed by atoms with Crippen LogP contribution in [0.3, 0.4) is 0 Å². The number of hydrogen-bond donors (Lipinski definition) is 3. The number of anilines is 1. The molecule has 1 aliphatic rings. The molecule has 20 heavy (non-hydrogen) atoms. The van der Waals surface area contributed by atoms with Crippen LogP contribution in [-0.2, 0) is 11.8 Å². The van der Waals surface area contributed by atoms with Crippen LogP contribution in [0.2, 0.25) is 0 Å². The lowest BCUT2D eigenvalue weighted by atomic mass is 9.85. The van der Waals surface area contributed by atoms with Gasteiger partial charge in [-0.15, -0.1) is 0 Å². The lowest BCUT2D eigenvalue weighted by Crippen LogP contribution is -2.48. The van der Waals surface area contributed by atoms with E-state index in [0.29, 0.717) is 18.5 Å². The Labute approximate surface area is 117 Å². The van der Waals surface area contributed by atoms with Crippen molar-refractivity contribution >= 4 is 17.7 Å². The second-order valence-corrected chi connectivity index (χ2v) is 5.57. The molecule has 1 aliphatic carbocycles. The van der Waals surface area contributed by atoms with E-state index >= 15 is 0 Å². The van der Waals surface area contributed by atoms with E-state index in [1.54, 1.807) is 31.8 Å². The van der Waals surface area contributed by atoms with Gasteiger partial charge in [0.05, 0.1) is 16.8 Å². The number of aliphatic carboxylic acids is 1. The van der Waals surface area contributed by atoms with Gasteiger partial charge in [0.15, 0.2) is 0 Å². The zero-order valence-corrected chi connectivity index (χ0v) is 11.9. The first kappa shape index (κ1) is 14.4. The third-order valence-corrected chi connectivity index (χ3v) is 4.01. The summed E-state index contributed by atoms with van der Waals surface area (Å²) in [5, 5.41) is 18.9. The normalized spacial score (nSPS) is 25.4. The lowest BCUT2D eigenvalue weighted by molar-refractivity contribution is -0.148. The number of carbonyl (C=O) groups is 2. The molecule has 7 nitrogen and oxygen atoms in total. The van der Waals surface area contributed by atoms with E-state index in [4.69, 9.17) is 0 Å². The van der Waals surface area contributed by atoms with E-state index in [1.807, 2.05) is 0 Å². The smallest absolute Gasteiger partial charge is 0.319 e. The number of rotatable bonds is 3. The summed E-state index contributed by atoms with van der Waals surface area (Å²) in [5.74, 6) is -0.863. The van der Waals surface area contributed by atoms with Crippen molar-refractivity contribution in [1.82, 2.24) is 15.1 Å². The number of nitrogens with one attached hydrogen (secondary N) is 2. The second kappa shape index (κ2) is 5.15. The van der Waals surface area contributed by atoms with Crippen molar-refractivity contribution in [2.75, 3.05) is 5.32 Å². The minimum absolute atomic E-state index is 0.350. The largest absolute Gasteiger partial charge is 0.481 e. The molecule has 2 atom stereocenters. The number of carboxylic acids is 1. The molecule has 2 amide bonds. The fourth-order valence-electron chi connectivity index (χ4n) is 2.69. The van der Waals surface area contributed by atoms with Crippen LogP contribution < -0.4 is 10.6 Å². The van der Waals surface area contributed by atoms with E-state index in [0.717, 1.165) is 12.1 Å². The molecule has 2 unspecified atom stereocenters. The zero-order chi connectivity index (χ0) is 14.9. The molecular weight excluding hydrogens is 260 g/mol. The van der Waals surface area contributed by atoms with Gasteiger partial charge in [0.25, 0.3) is 0 Å². The van der Waals surface area contributed by atoms with Gasteiger partial charge in [0.1, 0.15) is 0 Å². The van der Waals surface area contributed by atoms with Crippen LogP contribution in [0.15, 0.2) is 6.20 Å². The van der Waals surface area contributed by atoms with Crippen molar-refractivity contribution in [3.05, 3.63) is 11.9 Å². The summed E-state index contributed by atoms with van der Waals surface area (Å²) in [6.45, 7) is 3.48. The van der Waals surface area contributed by atoms with Gasteiger partial charge in [-0.05, 0) is 26.7 Å². The SMILES string of the molecule is Cc1nn(C)cc1NC(=O)NC1CCCC1(C)C(=O)O. The maximum absolute atomic E-state index is 12.0. The monoisotopic (exact) mass is 280 g/mol. The number of nitrogens with zero attached hydrogens (tertiary/aromatic N) is 2. The number of urea groups is 1. The fraction of sp³-hybridized carbons (Fsp3) is 0.615. The summed E-state index contributed by atoms with van der Waals surface area (Å²) < 4.78 is 1.61. The summed E-state index contributed by atoms with van der Waals surface area (Å²) in [6.07, 6.45) is 3.78. The number of amides is 2. The van der Waals surface area contributed by atoms with Crippen LogP contribution in [0.4, 0.5) is 10.5 Å². The van der Waals surface area contributed by atoms with Gasteiger partial charge in [-0.2, -0.15) is 5.10 Å². The number of aryl methyl sites for hydroxylation is 2. The van der Waals surface area contributed by atoms with Gasteiger partial charge in [-0.3, -0.25) is 9.48 Å². The Balaban J connectivity index is 2.01. The van der Waals surface area contributed by atoms with Gasteiger partial charge in [-0.25, -0.2) is 4.79 Å². The molecule has 2 rings (SSSR count). The van der Waals surface area contributed by atoms with Gasteiger partial charge >= 0.3 is 12.0 Å². The highest BCUT2D eigenvalue weighted by atomic mass is 16.4. The minimum atomic E-state index is -0.888. The molecule has 110 valence electrons. The van der Waals surface area contributed by atoms with Gasteiger partial charge in [0, 0.05) is 19.3 Å². The molecule has 1 heterocycles. The quantitative estimate of drug-likeness (QED) is 0.781. The van der Waals surface area contributed by atoms with Crippen molar-refractivity contribution in [3.63, 3.8) is 0 Å². The highest BCUT2D eigenvalue weighted by molar-refractivity contribution is 5.90. The molecule has 0 radical (unpaired) electrons. The van der Waals surface area contributed by atoms with Crippen molar-refractivity contribution in [3.8, 4) is 0 Å². The van der Waals surface area contributed by atoms with Crippen molar-refractivity contribution in [2.45, 2.75) is 39.2 Å². The maximum Gasteiger partial charge on any atom is 0.319 e. The van der Waals surface area contributed by atoms with Crippen molar-refractivity contribution in [2.24, 2.45) is 12.5 Å². The number of carbonyl (C=O) groups excluding carboxylic acids is 1. The first-order valence-electron chi connectivity index (χ1n) is 6.64. The van der Waals surface area contributed by atoms with Crippen LogP contribution >= 0.6 is 0 Å². The van der Waals surface area contributed by atoms with Crippen LogP contribution in [0.1, 0.15) is 31.9 Å². The number of aromatic nitrogens is 2. The fourth-order valence-corrected chi connectivity index (χ4v) is 2.69. The van der Waals surface area contributed by atoms with Crippen LogP contribution in [0.25, 0.3) is 0 Å². The summed E-state index contributed by atoms with van der Waals surface area (Å²) in [6, 6.07) is -0.738. The zero-order valence-electron chi connectivity index (χ0n) is 11.9. The molecule has 0 spiro atoms. The molecule has 1 aromatic rings. The Morgan fingerprint density at radius 1 is 1.55 bits per heavy atom. The maximum atomic E-state index is 12.0. The molecule has 1 fully saturated rings. The van der Waals surface area contributed by atoms with E-state index in [2.05, 4.69) is 15.7 Å². The van der Waals surface area contributed by atoms with Crippen LogP contribution in [0, 0.1) is 12.3 Å². The Morgan fingerprint density at radius 2 is 2.25 bits per heavy atom. The average Bonchev–Trinajstić information content (AvgIpc) is 2.85.